The van der Waals surface area contributed by atoms with E-state index >= 15 is 0 Å². The van der Waals surface area contributed by atoms with Gasteiger partial charge in [0.1, 0.15) is 15.7 Å². The Hall–Kier alpha value is -0.590. The number of hydrogen-bond acceptors (Lipinski definition) is 3. The molecule has 7 heteroatoms. The van der Waals surface area contributed by atoms with Gasteiger partial charge in [0.05, 0.1) is 28.4 Å². The largest absolute Gasteiger partial charge is 0.324 e. The maximum absolute atomic E-state index is 11.6. The summed E-state index contributed by atoms with van der Waals surface area (Å²) >= 11 is 9.44. The fraction of sp³-hybridized carbons (Fsp3) is 0.462. The zero-order valence-corrected chi connectivity index (χ0v) is 13.9. The van der Waals surface area contributed by atoms with Crippen molar-refractivity contribution in [2.24, 2.45) is 0 Å². The Morgan fingerprint density at radius 1 is 1.35 bits per heavy atom. The lowest BCUT2D eigenvalue weighted by molar-refractivity contribution is 0.450. The summed E-state index contributed by atoms with van der Waals surface area (Å²) in [6.45, 7) is 0. The second kappa shape index (κ2) is 5.31. The predicted molar refractivity (Wildman–Crippen MR) is 83.9 cm³/mol. The van der Waals surface area contributed by atoms with Crippen LogP contribution < -0.4 is 0 Å². The Morgan fingerprint density at radius 3 is 2.70 bits per heavy atom. The van der Waals surface area contributed by atoms with Crippen LogP contribution in [0, 0.1) is 0 Å². The highest BCUT2D eigenvalue weighted by Crippen LogP contribution is 2.31. The van der Waals surface area contributed by atoms with Crippen LogP contribution in [0.15, 0.2) is 22.7 Å². The summed E-state index contributed by atoms with van der Waals surface area (Å²) in [6, 6.07) is 6.10. The molecule has 0 spiro atoms. The molecule has 108 valence electrons. The summed E-state index contributed by atoms with van der Waals surface area (Å²) in [5.41, 5.74) is 1.91. The van der Waals surface area contributed by atoms with Crippen molar-refractivity contribution >= 4 is 48.4 Å². The Bertz CT molecular complexity index is 743. The van der Waals surface area contributed by atoms with Crippen molar-refractivity contribution in [3.8, 4) is 0 Å². The highest BCUT2D eigenvalue weighted by molar-refractivity contribution is 9.10. The van der Waals surface area contributed by atoms with E-state index in [0.717, 1.165) is 21.3 Å². The van der Waals surface area contributed by atoms with Gasteiger partial charge in [-0.2, -0.15) is 0 Å². The van der Waals surface area contributed by atoms with E-state index in [2.05, 4.69) is 25.5 Å². The molecule has 2 aromatic rings. The lowest BCUT2D eigenvalue weighted by Gasteiger charge is -2.25. The number of alkyl halides is 1. The van der Waals surface area contributed by atoms with Gasteiger partial charge in [-0.1, -0.05) is 15.9 Å². The van der Waals surface area contributed by atoms with Crippen molar-refractivity contribution in [2.45, 2.75) is 24.8 Å². The first-order valence-corrected chi connectivity index (χ1v) is 9.58. The van der Waals surface area contributed by atoms with Crippen LogP contribution in [0.1, 0.15) is 24.7 Å². The Balaban J connectivity index is 2.06. The topological polar surface area (TPSA) is 52.0 Å². The third kappa shape index (κ3) is 2.61. The Morgan fingerprint density at radius 2 is 2.05 bits per heavy atom. The molecule has 2 heterocycles. The monoisotopic (exact) mass is 376 g/mol. The normalized spacial score (nSPS) is 19.5. The molecule has 0 N–H and O–H groups in total. The Kier molecular flexibility index (Phi) is 3.81. The number of imidazole rings is 1. The van der Waals surface area contributed by atoms with Gasteiger partial charge in [-0.3, -0.25) is 0 Å². The van der Waals surface area contributed by atoms with Crippen LogP contribution in [0.25, 0.3) is 11.0 Å². The number of halogens is 2. The van der Waals surface area contributed by atoms with Crippen LogP contribution in [0.2, 0.25) is 0 Å². The van der Waals surface area contributed by atoms with E-state index in [4.69, 9.17) is 11.6 Å². The second-order valence-electron chi connectivity index (χ2n) is 5.05. The summed E-state index contributed by atoms with van der Waals surface area (Å²) in [7, 11) is -2.86. The maximum atomic E-state index is 11.6. The number of sulfone groups is 1. The molecule has 3 rings (SSSR count). The van der Waals surface area contributed by atoms with Gasteiger partial charge in [0.15, 0.2) is 0 Å². The highest BCUT2D eigenvalue weighted by Gasteiger charge is 2.27. The molecule has 1 fully saturated rings. The van der Waals surface area contributed by atoms with E-state index in [1.165, 1.54) is 0 Å². The maximum Gasteiger partial charge on any atom is 0.150 e. The number of rotatable bonds is 2. The molecule has 0 atom stereocenters. The van der Waals surface area contributed by atoms with Crippen LogP contribution in [0.5, 0.6) is 0 Å². The van der Waals surface area contributed by atoms with Gasteiger partial charge in [0.25, 0.3) is 0 Å². The molecule has 0 aliphatic carbocycles. The van der Waals surface area contributed by atoms with Crippen LogP contribution in [-0.2, 0) is 15.7 Å². The highest BCUT2D eigenvalue weighted by atomic mass is 79.9. The van der Waals surface area contributed by atoms with Gasteiger partial charge in [-0.15, -0.1) is 11.6 Å². The van der Waals surface area contributed by atoms with E-state index in [1.807, 2.05) is 18.2 Å². The van der Waals surface area contributed by atoms with Crippen molar-refractivity contribution in [1.29, 1.82) is 0 Å². The fourth-order valence-electron chi connectivity index (χ4n) is 2.76. The summed E-state index contributed by atoms with van der Waals surface area (Å²) < 4.78 is 26.2. The molecule has 0 saturated carbocycles. The minimum atomic E-state index is -2.86. The summed E-state index contributed by atoms with van der Waals surface area (Å²) in [4.78, 5) is 4.56. The first-order valence-electron chi connectivity index (χ1n) is 6.43. The van der Waals surface area contributed by atoms with Crippen LogP contribution >= 0.6 is 27.5 Å². The molecule has 4 nitrogen and oxygen atoms in total. The molecule has 0 amide bonds. The van der Waals surface area contributed by atoms with Crippen LogP contribution in [0.3, 0.4) is 0 Å². The van der Waals surface area contributed by atoms with Crippen LogP contribution in [-0.4, -0.2) is 29.5 Å². The molecular weight excluding hydrogens is 364 g/mol. The number of fused-ring (bicyclic) bond motifs is 1. The SMILES string of the molecule is O=S1(=O)CCC(n2c(CCl)nc3cc(Br)ccc32)CC1. The summed E-state index contributed by atoms with van der Waals surface area (Å²) in [5.74, 6) is 1.63. The van der Waals surface area contributed by atoms with Crippen molar-refractivity contribution in [3.63, 3.8) is 0 Å². The van der Waals surface area contributed by atoms with E-state index in [0.29, 0.717) is 18.7 Å². The molecule has 0 radical (unpaired) electrons. The summed E-state index contributed by atoms with van der Waals surface area (Å²) in [5, 5.41) is 0. The first-order chi connectivity index (χ1) is 9.50. The Labute approximate surface area is 131 Å². The minimum Gasteiger partial charge on any atom is -0.324 e. The zero-order chi connectivity index (χ0) is 14.3. The standard InChI is InChI=1S/C13H14BrClN2O2S/c14-9-1-2-12-11(7-9)16-13(8-15)17(12)10-3-5-20(18,19)6-4-10/h1-2,7,10H,3-6,8H2. The minimum absolute atomic E-state index is 0.165. The number of aromatic nitrogens is 2. The average Bonchev–Trinajstić information content (AvgIpc) is 2.76. The van der Waals surface area contributed by atoms with Gasteiger partial charge < -0.3 is 4.57 Å². The van der Waals surface area contributed by atoms with Crippen molar-refractivity contribution in [3.05, 3.63) is 28.5 Å². The predicted octanol–water partition coefficient (Wildman–Crippen LogP) is 3.29. The quantitative estimate of drug-likeness (QED) is 0.755. The molecule has 1 aromatic heterocycles. The lowest BCUT2D eigenvalue weighted by atomic mass is 10.1. The lowest BCUT2D eigenvalue weighted by Crippen LogP contribution is -2.26. The van der Waals surface area contributed by atoms with Crippen molar-refractivity contribution in [1.82, 2.24) is 9.55 Å². The average molecular weight is 378 g/mol. The smallest absolute Gasteiger partial charge is 0.150 e. The van der Waals surface area contributed by atoms with E-state index in [9.17, 15) is 8.42 Å². The van der Waals surface area contributed by atoms with Crippen LogP contribution in [0.4, 0.5) is 0 Å². The van der Waals surface area contributed by atoms with E-state index in [1.54, 1.807) is 0 Å². The number of nitrogens with zero attached hydrogens (tertiary/aromatic N) is 2. The zero-order valence-electron chi connectivity index (χ0n) is 10.7. The molecule has 1 aliphatic rings. The number of benzene rings is 1. The van der Waals surface area contributed by atoms with Gasteiger partial charge in [0.2, 0.25) is 0 Å². The first kappa shape index (κ1) is 14.4. The number of hydrogen-bond donors (Lipinski definition) is 0. The van der Waals surface area contributed by atoms with E-state index < -0.39 is 9.84 Å². The third-order valence-electron chi connectivity index (χ3n) is 3.73. The second-order valence-corrected chi connectivity index (χ2v) is 8.53. The molecule has 1 aliphatic heterocycles. The van der Waals surface area contributed by atoms with E-state index in [-0.39, 0.29) is 17.5 Å². The molecule has 1 aromatic carbocycles. The van der Waals surface area contributed by atoms with Gasteiger partial charge in [0, 0.05) is 10.5 Å². The van der Waals surface area contributed by atoms with Gasteiger partial charge in [-0.25, -0.2) is 13.4 Å². The van der Waals surface area contributed by atoms with Crippen molar-refractivity contribution < 1.29 is 8.42 Å². The van der Waals surface area contributed by atoms with Gasteiger partial charge in [-0.05, 0) is 31.0 Å². The molecule has 1 saturated heterocycles. The van der Waals surface area contributed by atoms with Crippen molar-refractivity contribution in [2.75, 3.05) is 11.5 Å². The molecular formula is C13H14BrClN2O2S. The summed E-state index contributed by atoms with van der Waals surface area (Å²) in [6.07, 6.45) is 1.27. The molecule has 20 heavy (non-hydrogen) atoms. The third-order valence-corrected chi connectivity index (χ3v) is 6.18. The molecule has 0 bridgehead atoms. The fourth-order valence-corrected chi connectivity index (χ4v) is 4.76. The molecule has 0 unspecified atom stereocenters. The van der Waals surface area contributed by atoms with Gasteiger partial charge >= 0.3 is 0 Å².